The maximum absolute atomic E-state index is 12.5. The lowest BCUT2D eigenvalue weighted by atomic mass is 9.78. The van der Waals surface area contributed by atoms with E-state index in [1.165, 1.54) is 6.42 Å². The van der Waals surface area contributed by atoms with Crippen molar-refractivity contribution >= 4 is 5.91 Å². The summed E-state index contributed by atoms with van der Waals surface area (Å²) >= 11 is 0. The number of likely N-dealkylation sites (tertiary alicyclic amines) is 1. The molecule has 0 radical (unpaired) electrons. The van der Waals surface area contributed by atoms with Gasteiger partial charge in [0.25, 0.3) is 5.91 Å². The van der Waals surface area contributed by atoms with Gasteiger partial charge in [0.1, 0.15) is 5.69 Å². The van der Waals surface area contributed by atoms with Crippen LogP contribution in [0.2, 0.25) is 0 Å². The van der Waals surface area contributed by atoms with Crippen LogP contribution in [0.15, 0.2) is 12.5 Å². The minimum Gasteiger partial charge on any atom is -0.384 e. The first-order valence-electron chi connectivity index (χ1n) is 8.52. The van der Waals surface area contributed by atoms with Crippen molar-refractivity contribution in [2.45, 2.75) is 32.2 Å². The topological polar surface area (TPSA) is 59.4 Å². The molecule has 0 aromatic carbocycles. The Hall–Kier alpha value is -1.40. The minimum absolute atomic E-state index is 0.0420. The third-order valence-corrected chi connectivity index (χ3v) is 5.33. The Morgan fingerprint density at radius 1 is 1.48 bits per heavy atom. The highest BCUT2D eigenvalue weighted by molar-refractivity contribution is 5.92. The Morgan fingerprint density at radius 2 is 2.17 bits per heavy atom. The van der Waals surface area contributed by atoms with Crippen molar-refractivity contribution in [2.24, 2.45) is 18.4 Å². The molecule has 2 atom stereocenters. The third kappa shape index (κ3) is 3.75. The number of nitrogens with zero attached hydrogens (tertiary/aromatic N) is 3. The first-order chi connectivity index (χ1) is 11.0. The van der Waals surface area contributed by atoms with Crippen molar-refractivity contribution in [3.63, 3.8) is 0 Å². The number of aryl methyl sites for hydroxylation is 1. The summed E-state index contributed by atoms with van der Waals surface area (Å²) in [4.78, 5) is 18.6. The predicted molar refractivity (Wildman–Crippen MR) is 88.2 cm³/mol. The molecule has 23 heavy (non-hydrogen) atoms. The van der Waals surface area contributed by atoms with E-state index >= 15 is 0 Å². The lowest BCUT2D eigenvalue weighted by Crippen LogP contribution is -2.49. The molecule has 0 spiro atoms. The van der Waals surface area contributed by atoms with Crippen LogP contribution in [-0.4, -0.2) is 59.8 Å². The number of hydrogen-bond donors (Lipinski definition) is 1. The van der Waals surface area contributed by atoms with Gasteiger partial charge in [-0.25, -0.2) is 4.98 Å². The molecule has 2 heterocycles. The molecule has 2 fully saturated rings. The first kappa shape index (κ1) is 16.5. The molecule has 1 aliphatic carbocycles. The smallest absolute Gasteiger partial charge is 0.274 e. The van der Waals surface area contributed by atoms with Crippen LogP contribution < -0.4 is 5.32 Å². The van der Waals surface area contributed by atoms with E-state index in [1.54, 1.807) is 19.6 Å². The molecule has 0 bridgehead atoms. The summed E-state index contributed by atoms with van der Waals surface area (Å²) in [5, 5.41) is 3.68. The van der Waals surface area contributed by atoms with E-state index in [0.717, 1.165) is 45.0 Å². The fraction of sp³-hybridized carbons (Fsp3) is 0.765. The number of aromatic nitrogens is 2. The second-order valence-electron chi connectivity index (χ2n) is 7.35. The number of piperidine rings is 1. The van der Waals surface area contributed by atoms with Gasteiger partial charge in [-0.15, -0.1) is 0 Å². The average molecular weight is 320 g/mol. The van der Waals surface area contributed by atoms with Crippen LogP contribution in [0.3, 0.4) is 0 Å². The van der Waals surface area contributed by atoms with Gasteiger partial charge in [-0.3, -0.25) is 4.79 Å². The molecular formula is C17H28N4O2. The number of amides is 1. The predicted octanol–water partition coefficient (Wildman–Crippen LogP) is 1.29. The van der Waals surface area contributed by atoms with Gasteiger partial charge >= 0.3 is 0 Å². The molecule has 1 saturated carbocycles. The highest BCUT2D eigenvalue weighted by Gasteiger charge is 2.39. The largest absolute Gasteiger partial charge is 0.384 e. The van der Waals surface area contributed by atoms with Crippen LogP contribution in [0.4, 0.5) is 0 Å². The van der Waals surface area contributed by atoms with E-state index in [9.17, 15) is 4.79 Å². The Bertz CT molecular complexity index is 549. The maximum atomic E-state index is 12.5. The summed E-state index contributed by atoms with van der Waals surface area (Å²) in [5.41, 5.74) is 0.689. The van der Waals surface area contributed by atoms with Crippen molar-refractivity contribution in [1.29, 1.82) is 0 Å². The van der Waals surface area contributed by atoms with Crippen LogP contribution >= 0.6 is 0 Å². The Balaban J connectivity index is 1.56. The fourth-order valence-electron chi connectivity index (χ4n) is 3.50. The molecule has 1 aliphatic heterocycles. The highest BCUT2D eigenvalue weighted by Crippen LogP contribution is 2.35. The third-order valence-electron chi connectivity index (χ3n) is 5.33. The molecule has 2 aliphatic rings. The van der Waals surface area contributed by atoms with Crippen LogP contribution in [0, 0.1) is 11.3 Å². The van der Waals surface area contributed by atoms with Gasteiger partial charge < -0.3 is 19.5 Å². The van der Waals surface area contributed by atoms with E-state index in [0.29, 0.717) is 11.7 Å². The Morgan fingerprint density at radius 3 is 2.70 bits per heavy atom. The van der Waals surface area contributed by atoms with Crippen molar-refractivity contribution in [3.8, 4) is 0 Å². The Labute approximate surface area is 138 Å². The van der Waals surface area contributed by atoms with Gasteiger partial charge in [0.05, 0.1) is 12.9 Å². The maximum Gasteiger partial charge on any atom is 0.274 e. The molecular weight excluding hydrogens is 292 g/mol. The summed E-state index contributed by atoms with van der Waals surface area (Å²) in [6, 6.07) is 0.678. The summed E-state index contributed by atoms with van der Waals surface area (Å²) in [6.07, 6.45) is 6.71. The quantitative estimate of drug-likeness (QED) is 0.858. The number of nitrogens with one attached hydrogen (secondary N) is 1. The monoisotopic (exact) mass is 320 g/mol. The number of ether oxygens (including phenoxy) is 1. The molecule has 6 nitrogen and oxygen atoms in total. The summed E-state index contributed by atoms with van der Waals surface area (Å²) < 4.78 is 7.30. The van der Waals surface area contributed by atoms with Crippen molar-refractivity contribution in [1.82, 2.24) is 19.8 Å². The molecule has 6 heteroatoms. The van der Waals surface area contributed by atoms with E-state index in [2.05, 4.69) is 17.2 Å². The number of carbonyl (C=O) groups is 1. The standard InChI is InChI=1S/C17H28N4O2/c1-13-8-14(13)18-10-17(11-23-3)4-6-21(7-5-17)16(22)15-9-20(2)12-19-15/h9,12-14,18H,4-8,10-11H2,1-3H3/t13-,14-/m1/s1. The SMILES string of the molecule is COCC1(CN[C@@H]2C[C@H]2C)CCN(C(=O)c2cn(C)cn2)CC1. The van der Waals surface area contributed by atoms with Crippen LogP contribution in [0.5, 0.6) is 0 Å². The Kier molecular flexibility index (Phi) is 4.73. The van der Waals surface area contributed by atoms with Crippen LogP contribution in [-0.2, 0) is 11.8 Å². The second kappa shape index (κ2) is 6.61. The first-order valence-corrected chi connectivity index (χ1v) is 8.52. The second-order valence-corrected chi connectivity index (χ2v) is 7.35. The fourth-order valence-corrected chi connectivity index (χ4v) is 3.50. The van der Waals surface area contributed by atoms with Gasteiger partial charge in [0, 0.05) is 51.4 Å². The van der Waals surface area contributed by atoms with Gasteiger partial charge in [0.2, 0.25) is 0 Å². The molecule has 128 valence electrons. The zero-order valence-electron chi connectivity index (χ0n) is 14.4. The van der Waals surface area contributed by atoms with E-state index in [-0.39, 0.29) is 11.3 Å². The molecule has 1 N–H and O–H groups in total. The van der Waals surface area contributed by atoms with Crippen LogP contribution in [0.25, 0.3) is 0 Å². The number of rotatable bonds is 6. The van der Waals surface area contributed by atoms with Gasteiger partial charge in [-0.1, -0.05) is 6.92 Å². The number of imidazole rings is 1. The molecule has 1 saturated heterocycles. The van der Waals surface area contributed by atoms with Gasteiger partial charge in [-0.05, 0) is 25.2 Å². The summed E-state index contributed by atoms with van der Waals surface area (Å²) in [5.74, 6) is 0.848. The van der Waals surface area contributed by atoms with Crippen LogP contribution in [0.1, 0.15) is 36.7 Å². The molecule has 3 rings (SSSR count). The lowest BCUT2D eigenvalue weighted by Gasteiger charge is -2.41. The highest BCUT2D eigenvalue weighted by atomic mass is 16.5. The molecule has 1 aromatic rings. The average Bonchev–Trinajstić information content (AvgIpc) is 3.08. The van der Waals surface area contributed by atoms with Gasteiger partial charge in [0.15, 0.2) is 0 Å². The van der Waals surface area contributed by atoms with Crippen molar-refractivity contribution < 1.29 is 9.53 Å². The zero-order chi connectivity index (χ0) is 16.4. The van der Waals surface area contributed by atoms with E-state index in [4.69, 9.17) is 4.74 Å². The lowest BCUT2D eigenvalue weighted by molar-refractivity contribution is 0.0199. The molecule has 0 unspecified atom stereocenters. The van der Waals surface area contributed by atoms with Gasteiger partial charge in [-0.2, -0.15) is 0 Å². The van der Waals surface area contributed by atoms with Crippen molar-refractivity contribution in [3.05, 3.63) is 18.2 Å². The molecule has 1 amide bonds. The zero-order valence-corrected chi connectivity index (χ0v) is 14.4. The molecule has 1 aromatic heterocycles. The number of hydrogen-bond acceptors (Lipinski definition) is 4. The minimum atomic E-state index is 0.0420. The number of methoxy groups -OCH3 is 1. The van der Waals surface area contributed by atoms with E-state index in [1.807, 2.05) is 16.5 Å². The normalized spacial score (nSPS) is 26.3. The van der Waals surface area contributed by atoms with Crippen molar-refractivity contribution in [2.75, 3.05) is 33.4 Å². The summed E-state index contributed by atoms with van der Waals surface area (Å²) in [6.45, 7) is 5.59. The number of carbonyl (C=O) groups excluding carboxylic acids is 1. The van der Waals surface area contributed by atoms with E-state index < -0.39 is 0 Å². The summed E-state index contributed by atoms with van der Waals surface area (Å²) in [7, 11) is 3.65.